The van der Waals surface area contributed by atoms with Crippen molar-refractivity contribution in [2.24, 2.45) is 0 Å². The van der Waals surface area contributed by atoms with E-state index in [1.54, 1.807) is 6.92 Å². The maximum atomic E-state index is 11.1. The monoisotopic (exact) mass is 221 g/mol. The Labute approximate surface area is 83.4 Å². The van der Waals surface area contributed by atoms with E-state index >= 15 is 0 Å². The third-order valence-corrected chi connectivity index (χ3v) is 4.13. The SMILES string of the molecule is CC(NC1CCS(=O)(=O)CC1)C(=O)O. The van der Waals surface area contributed by atoms with Crippen LogP contribution in [0.1, 0.15) is 19.8 Å². The summed E-state index contributed by atoms with van der Waals surface area (Å²) >= 11 is 0. The van der Waals surface area contributed by atoms with Crippen LogP contribution in [0.2, 0.25) is 0 Å². The fraction of sp³-hybridized carbons (Fsp3) is 0.875. The summed E-state index contributed by atoms with van der Waals surface area (Å²) in [6.07, 6.45) is 1.03. The molecule has 1 heterocycles. The van der Waals surface area contributed by atoms with Crippen molar-refractivity contribution in [1.82, 2.24) is 5.32 Å². The molecule has 1 unspecified atom stereocenters. The third kappa shape index (κ3) is 3.26. The molecule has 1 rings (SSSR count). The van der Waals surface area contributed by atoms with Gasteiger partial charge in [0.2, 0.25) is 0 Å². The van der Waals surface area contributed by atoms with Gasteiger partial charge in [0.1, 0.15) is 15.9 Å². The summed E-state index contributed by atoms with van der Waals surface area (Å²) in [6.45, 7) is 1.56. The highest BCUT2D eigenvalue weighted by Gasteiger charge is 2.25. The second-order valence-corrected chi connectivity index (χ2v) is 5.96. The molecule has 1 aliphatic rings. The number of carboxylic acid groups (broad SMARTS) is 1. The molecule has 0 aliphatic carbocycles. The zero-order valence-corrected chi connectivity index (χ0v) is 8.88. The highest BCUT2D eigenvalue weighted by Crippen LogP contribution is 2.12. The van der Waals surface area contributed by atoms with Gasteiger partial charge in [0.25, 0.3) is 0 Å². The van der Waals surface area contributed by atoms with Crippen molar-refractivity contribution < 1.29 is 18.3 Å². The Morgan fingerprint density at radius 1 is 1.43 bits per heavy atom. The van der Waals surface area contributed by atoms with E-state index in [0.29, 0.717) is 12.8 Å². The molecule has 2 N–H and O–H groups in total. The molecular formula is C8H15NO4S. The van der Waals surface area contributed by atoms with Gasteiger partial charge in [0.15, 0.2) is 0 Å². The number of rotatable bonds is 3. The van der Waals surface area contributed by atoms with Gasteiger partial charge >= 0.3 is 5.97 Å². The van der Waals surface area contributed by atoms with Gasteiger partial charge in [0.05, 0.1) is 11.5 Å². The number of carboxylic acids is 1. The van der Waals surface area contributed by atoms with Crippen molar-refractivity contribution >= 4 is 15.8 Å². The number of nitrogens with one attached hydrogen (secondary N) is 1. The first-order chi connectivity index (χ1) is 6.41. The lowest BCUT2D eigenvalue weighted by atomic mass is 10.1. The molecule has 0 aromatic carbocycles. The maximum absolute atomic E-state index is 11.1. The standard InChI is InChI=1S/C8H15NO4S/c1-6(8(10)11)9-7-2-4-14(12,13)5-3-7/h6-7,9H,2-5H2,1H3,(H,10,11). The summed E-state index contributed by atoms with van der Waals surface area (Å²) in [6, 6.07) is -0.592. The molecule has 5 nitrogen and oxygen atoms in total. The van der Waals surface area contributed by atoms with Gasteiger partial charge in [-0.05, 0) is 19.8 Å². The van der Waals surface area contributed by atoms with Gasteiger partial charge < -0.3 is 10.4 Å². The molecule has 0 aromatic rings. The zero-order chi connectivity index (χ0) is 10.8. The highest BCUT2D eigenvalue weighted by atomic mass is 32.2. The van der Waals surface area contributed by atoms with Gasteiger partial charge in [-0.2, -0.15) is 0 Å². The second kappa shape index (κ2) is 4.27. The molecule has 0 aromatic heterocycles. The first-order valence-corrected chi connectivity index (χ1v) is 6.42. The van der Waals surface area contributed by atoms with Crippen LogP contribution in [0.15, 0.2) is 0 Å². The number of carbonyl (C=O) groups is 1. The molecule has 1 atom stereocenters. The Kier molecular flexibility index (Phi) is 3.49. The van der Waals surface area contributed by atoms with E-state index in [0.717, 1.165) is 0 Å². The number of hydrogen-bond acceptors (Lipinski definition) is 4. The van der Waals surface area contributed by atoms with Gasteiger partial charge in [-0.1, -0.05) is 0 Å². The van der Waals surface area contributed by atoms with Crippen LogP contribution in [0.3, 0.4) is 0 Å². The first-order valence-electron chi connectivity index (χ1n) is 4.60. The summed E-state index contributed by atoms with van der Waals surface area (Å²) < 4.78 is 22.1. The molecule has 6 heteroatoms. The average Bonchev–Trinajstić information content (AvgIpc) is 2.08. The predicted molar refractivity (Wildman–Crippen MR) is 51.9 cm³/mol. The first kappa shape index (κ1) is 11.5. The lowest BCUT2D eigenvalue weighted by Crippen LogP contribution is -2.45. The molecule has 0 radical (unpaired) electrons. The Balaban J connectivity index is 2.40. The molecule has 0 bridgehead atoms. The van der Waals surface area contributed by atoms with Crippen LogP contribution < -0.4 is 5.32 Å². The quantitative estimate of drug-likeness (QED) is 0.679. The van der Waals surface area contributed by atoms with Gasteiger partial charge in [0, 0.05) is 6.04 Å². The predicted octanol–water partition coefficient (Wildman–Crippen LogP) is -0.374. The van der Waals surface area contributed by atoms with Crippen molar-refractivity contribution in [3.05, 3.63) is 0 Å². The molecule has 82 valence electrons. The minimum Gasteiger partial charge on any atom is -0.480 e. The molecule has 1 fully saturated rings. The maximum Gasteiger partial charge on any atom is 0.320 e. The van der Waals surface area contributed by atoms with Crippen LogP contribution in [0.25, 0.3) is 0 Å². The molecule has 0 saturated carbocycles. The Morgan fingerprint density at radius 2 is 1.93 bits per heavy atom. The van der Waals surface area contributed by atoms with Crippen LogP contribution in [-0.2, 0) is 14.6 Å². The minimum atomic E-state index is -2.86. The third-order valence-electron chi connectivity index (χ3n) is 2.41. The Morgan fingerprint density at radius 3 is 2.36 bits per heavy atom. The van der Waals surface area contributed by atoms with E-state index < -0.39 is 21.8 Å². The summed E-state index contributed by atoms with van der Waals surface area (Å²) in [7, 11) is -2.86. The summed E-state index contributed by atoms with van der Waals surface area (Å²) in [5, 5.41) is 11.5. The fourth-order valence-corrected chi connectivity index (χ4v) is 2.97. The Hall–Kier alpha value is -0.620. The lowest BCUT2D eigenvalue weighted by Gasteiger charge is -2.24. The average molecular weight is 221 g/mol. The normalized spacial score (nSPS) is 24.4. The summed E-state index contributed by atoms with van der Waals surface area (Å²) in [5.41, 5.74) is 0. The molecule has 1 aliphatic heterocycles. The topological polar surface area (TPSA) is 83.5 Å². The second-order valence-electron chi connectivity index (χ2n) is 3.65. The van der Waals surface area contributed by atoms with E-state index in [2.05, 4.69) is 5.32 Å². The van der Waals surface area contributed by atoms with Crippen molar-refractivity contribution in [2.75, 3.05) is 11.5 Å². The molecule has 14 heavy (non-hydrogen) atoms. The van der Waals surface area contributed by atoms with Gasteiger partial charge in [-0.3, -0.25) is 4.79 Å². The minimum absolute atomic E-state index is 0.0182. The van der Waals surface area contributed by atoms with E-state index in [1.807, 2.05) is 0 Å². The lowest BCUT2D eigenvalue weighted by molar-refractivity contribution is -0.139. The molecule has 1 saturated heterocycles. The smallest absolute Gasteiger partial charge is 0.320 e. The largest absolute Gasteiger partial charge is 0.480 e. The van der Waals surface area contributed by atoms with Crippen molar-refractivity contribution in [1.29, 1.82) is 0 Å². The summed E-state index contributed by atoms with van der Waals surface area (Å²) in [4.78, 5) is 10.5. The van der Waals surface area contributed by atoms with Gasteiger partial charge in [-0.25, -0.2) is 8.42 Å². The van der Waals surface area contributed by atoms with Crippen LogP contribution in [0.5, 0.6) is 0 Å². The molecule has 0 amide bonds. The van der Waals surface area contributed by atoms with Crippen LogP contribution >= 0.6 is 0 Å². The van der Waals surface area contributed by atoms with E-state index in [9.17, 15) is 13.2 Å². The summed E-state index contributed by atoms with van der Waals surface area (Å²) in [5.74, 6) is -0.577. The van der Waals surface area contributed by atoms with E-state index in [4.69, 9.17) is 5.11 Å². The molecular weight excluding hydrogens is 206 g/mol. The van der Waals surface area contributed by atoms with Gasteiger partial charge in [-0.15, -0.1) is 0 Å². The zero-order valence-electron chi connectivity index (χ0n) is 8.06. The van der Waals surface area contributed by atoms with Crippen LogP contribution in [0, 0.1) is 0 Å². The number of sulfone groups is 1. The Bertz CT molecular complexity index is 297. The number of hydrogen-bond donors (Lipinski definition) is 2. The van der Waals surface area contributed by atoms with E-state index in [-0.39, 0.29) is 17.5 Å². The van der Waals surface area contributed by atoms with Crippen LogP contribution in [0.4, 0.5) is 0 Å². The van der Waals surface area contributed by atoms with Crippen molar-refractivity contribution in [2.45, 2.75) is 31.8 Å². The fourth-order valence-electron chi connectivity index (χ4n) is 1.48. The van der Waals surface area contributed by atoms with E-state index in [1.165, 1.54) is 0 Å². The number of aliphatic carboxylic acids is 1. The highest BCUT2D eigenvalue weighted by molar-refractivity contribution is 7.91. The van der Waals surface area contributed by atoms with Crippen LogP contribution in [-0.4, -0.2) is 43.1 Å². The van der Waals surface area contributed by atoms with Crippen molar-refractivity contribution in [3.8, 4) is 0 Å². The van der Waals surface area contributed by atoms with Crippen molar-refractivity contribution in [3.63, 3.8) is 0 Å². The molecule has 0 spiro atoms.